The van der Waals surface area contributed by atoms with Gasteiger partial charge in [0.2, 0.25) is 0 Å². The van der Waals surface area contributed by atoms with Gasteiger partial charge in [-0.25, -0.2) is 0 Å². The predicted molar refractivity (Wildman–Crippen MR) is 85.6 cm³/mol. The highest BCUT2D eigenvalue weighted by atomic mass is 16.5. The molecule has 0 radical (unpaired) electrons. The number of nitrogens with one attached hydrogen (secondary N) is 2. The highest BCUT2D eigenvalue weighted by Gasteiger charge is 2.34. The number of nitrogens with zero attached hydrogens (tertiary/aromatic N) is 1. The first-order chi connectivity index (χ1) is 11.1. The summed E-state index contributed by atoms with van der Waals surface area (Å²) in [5, 5.41) is 6.38. The quantitative estimate of drug-likeness (QED) is 0.821. The summed E-state index contributed by atoms with van der Waals surface area (Å²) in [5.41, 5.74) is 1.11. The third-order valence-electron chi connectivity index (χ3n) is 4.98. The zero-order valence-electron chi connectivity index (χ0n) is 13.2. The summed E-state index contributed by atoms with van der Waals surface area (Å²) in [4.78, 5) is 26.6. The van der Waals surface area contributed by atoms with Gasteiger partial charge < -0.3 is 20.3 Å². The van der Waals surface area contributed by atoms with E-state index in [0.717, 1.165) is 25.9 Å². The SMILES string of the molecule is CC1Oc2c(cccc2C(=O)N2CCC3CCC(C2)N3)NC1=O. The molecule has 2 fully saturated rings. The van der Waals surface area contributed by atoms with Gasteiger partial charge in [0.1, 0.15) is 0 Å². The second kappa shape index (κ2) is 5.53. The molecule has 3 heterocycles. The van der Waals surface area contributed by atoms with E-state index in [4.69, 9.17) is 4.74 Å². The minimum absolute atomic E-state index is 0.0143. The number of hydrogen-bond acceptors (Lipinski definition) is 4. The third-order valence-corrected chi connectivity index (χ3v) is 4.98. The van der Waals surface area contributed by atoms with Crippen LogP contribution in [0.5, 0.6) is 5.75 Å². The first-order valence-corrected chi connectivity index (χ1v) is 8.27. The smallest absolute Gasteiger partial charge is 0.265 e. The van der Waals surface area contributed by atoms with Crippen molar-refractivity contribution < 1.29 is 14.3 Å². The van der Waals surface area contributed by atoms with Crippen molar-refractivity contribution in [1.29, 1.82) is 0 Å². The van der Waals surface area contributed by atoms with Crippen molar-refractivity contribution in [2.24, 2.45) is 0 Å². The Kier molecular flexibility index (Phi) is 3.49. The molecular weight excluding hydrogens is 294 g/mol. The Labute approximate surface area is 135 Å². The van der Waals surface area contributed by atoms with E-state index in [1.54, 1.807) is 25.1 Å². The van der Waals surface area contributed by atoms with Crippen molar-refractivity contribution in [2.75, 3.05) is 18.4 Å². The van der Waals surface area contributed by atoms with Crippen LogP contribution in [-0.2, 0) is 4.79 Å². The minimum atomic E-state index is -0.585. The van der Waals surface area contributed by atoms with Gasteiger partial charge in [0.05, 0.1) is 11.3 Å². The third kappa shape index (κ3) is 2.57. The van der Waals surface area contributed by atoms with Gasteiger partial charge >= 0.3 is 0 Å². The van der Waals surface area contributed by atoms with Crippen molar-refractivity contribution in [3.63, 3.8) is 0 Å². The van der Waals surface area contributed by atoms with Crippen LogP contribution in [0.2, 0.25) is 0 Å². The molecule has 1 aromatic carbocycles. The molecule has 6 heteroatoms. The van der Waals surface area contributed by atoms with Crippen molar-refractivity contribution >= 4 is 17.5 Å². The molecular formula is C17H21N3O3. The van der Waals surface area contributed by atoms with Gasteiger partial charge in [0.25, 0.3) is 11.8 Å². The second-order valence-corrected chi connectivity index (χ2v) is 6.61. The van der Waals surface area contributed by atoms with Crippen LogP contribution in [0, 0.1) is 0 Å². The normalized spacial score (nSPS) is 29.3. The zero-order valence-corrected chi connectivity index (χ0v) is 13.2. The van der Waals surface area contributed by atoms with Crippen molar-refractivity contribution in [1.82, 2.24) is 10.2 Å². The summed E-state index contributed by atoms with van der Waals surface area (Å²) in [5.74, 6) is 0.296. The van der Waals surface area contributed by atoms with E-state index >= 15 is 0 Å². The lowest BCUT2D eigenvalue weighted by Crippen LogP contribution is -2.40. The molecule has 0 spiro atoms. The monoisotopic (exact) mass is 315 g/mol. The van der Waals surface area contributed by atoms with Crippen LogP contribution in [0.25, 0.3) is 0 Å². The topological polar surface area (TPSA) is 70.7 Å². The Balaban J connectivity index is 1.62. The first-order valence-electron chi connectivity index (χ1n) is 8.27. The molecule has 0 saturated carbocycles. The molecule has 2 saturated heterocycles. The van der Waals surface area contributed by atoms with Crippen LogP contribution in [0.1, 0.15) is 36.5 Å². The van der Waals surface area contributed by atoms with Crippen molar-refractivity contribution in [2.45, 2.75) is 44.4 Å². The Morgan fingerprint density at radius 2 is 2.09 bits per heavy atom. The fourth-order valence-electron chi connectivity index (χ4n) is 3.69. The molecule has 3 aliphatic heterocycles. The van der Waals surface area contributed by atoms with Gasteiger partial charge in [-0.1, -0.05) is 6.07 Å². The summed E-state index contributed by atoms with van der Waals surface area (Å²) in [6.45, 7) is 3.19. The number of hydrogen-bond donors (Lipinski definition) is 2. The number of benzene rings is 1. The summed E-state index contributed by atoms with van der Waals surface area (Å²) in [6.07, 6.45) is 2.74. The van der Waals surface area contributed by atoms with E-state index in [0.29, 0.717) is 29.1 Å². The van der Waals surface area contributed by atoms with Gasteiger partial charge in [0, 0.05) is 25.2 Å². The second-order valence-electron chi connectivity index (χ2n) is 6.61. The zero-order chi connectivity index (χ0) is 16.0. The maximum absolute atomic E-state index is 13.0. The number of ether oxygens (including phenoxy) is 1. The van der Waals surface area contributed by atoms with Crippen LogP contribution >= 0.6 is 0 Å². The van der Waals surface area contributed by atoms with Crippen LogP contribution in [0.4, 0.5) is 5.69 Å². The van der Waals surface area contributed by atoms with E-state index in [-0.39, 0.29) is 11.8 Å². The first kappa shape index (κ1) is 14.5. The van der Waals surface area contributed by atoms with E-state index in [1.165, 1.54) is 6.42 Å². The molecule has 23 heavy (non-hydrogen) atoms. The summed E-state index contributed by atoms with van der Waals surface area (Å²) in [7, 11) is 0. The molecule has 3 aliphatic rings. The number of amides is 2. The van der Waals surface area contributed by atoms with Gasteiger partial charge in [-0.2, -0.15) is 0 Å². The Bertz CT molecular complexity index is 660. The lowest BCUT2D eigenvalue weighted by Gasteiger charge is -2.28. The van der Waals surface area contributed by atoms with Gasteiger partial charge in [0.15, 0.2) is 11.9 Å². The molecule has 122 valence electrons. The summed E-state index contributed by atoms with van der Waals surface area (Å²) >= 11 is 0. The van der Waals surface area contributed by atoms with Gasteiger partial charge in [-0.15, -0.1) is 0 Å². The molecule has 0 aliphatic carbocycles. The summed E-state index contributed by atoms with van der Waals surface area (Å²) < 4.78 is 5.71. The van der Waals surface area contributed by atoms with Gasteiger partial charge in [-0.3, -0.25) is 9.59 Å². The van der Waals surface area contributed by atoms with Crippen LogP contribution in [0.15, 0.2) is 18.2 Å². The number of para-hydroxylation sites is 1. The standard InChI is InChI=1S/C17H21N3O3/c1-10-16(21)19-14-4-2-3-13(15(14)23-10)17(22)20-8-7-11-5-6-12(9-20)18-11/h2-4,10-12,18H,5-9H2,1H3,(H,19,21). The number of anilines is 1. The highest BCUT2D eigenvalue weighted by molar-refractivity contribution is 6.04. The molecule has 0 aromatic heterocycles. The average molecular weight is 315 g/mol. The Morgan fingerprint density at radius 1 is 1.26 bits per heavy atom. The molecule has 2 amide bonds. The number of carbonyl (C=O) groups is 2. The lowest BCUT2D eigenvalue weighted by atomic mass is 10.1. The van der Waals surface area contributed by atoms with Crippen LogP contribution in [0.3, 0.4) is 0 Å². The minimum Gasteiger partial charge on any atom is -0.478 e. The maximum atomic E-state index is 13.0. The van der Waals surface area contributed by atoms with E-state index in [2.05, 4.69) is 10.6 Å². The molecule has 1 aromatic rings. The van der Waals surface area contributed by atoms with Crippen LogP contribution < -0.4 is 15.4 Å². The predicted octanol–water partition coefficient (Wildman–Crippen LogP) is 1.37. The number of likely N-dealkylation sites (tertiary alicyclic amines) is 1. The molecule has 3 atom stereocenters. The Hall–Kier alpha value is -2.08. The molecule has 3 unspecified atom stereocenters. The largest absolute Gasteiger partial charge is 0.478 e. The van der Waals surface area contributed by atoms with Gasteiger partial charge in [-0.05, 0) is 38.3 Å². The Morgan fingerprint density at radius 3 is 2.96 bits per heavy atom. The fourth-order valence-corrected chi connectivity index (χ4v) is 3.69. The number of rotatable bonds is 1. The average Bonchev–Trinajstić information content (AvgIpc) is 2.86. The van der Waals surface area contributed by atoms with E-state index in [9.17, 15) is 9.59 Å². The van der Waals surface area contributed by atoms with Crippen molar-refractivity contribution in [3.05, 3.63) is 23.8 Å². The molecule has 2 N–H and O–H groups in total. The lowest BCUT2D eigenvalue weighted by molar-refractivity contribution is -0.122. The summed E-state index contributed by atoms with van der Waals surface area (Å²) in [6, 6.07) is 6.26. The van der Waals surface area contributed by atoms with Crippen LogP contribution in [-0.4, -0.2) is 48.0 Å². The maximum Gasteiger partial charge on any atom is 0.265 e. The number of fused-ring (bicyclic) bond motifs is 3. The van der Waals surface area contributed by atoms with E-state index in [1.807, 2.05) is 4.90 Å². The highest BCUT2D eigenvalue weighted by Crippen LogP contribution is 2.34. The molecule has 6 nitrogen and oxygen atoms in total. The fraction of sp³-hybridized carbons (Fsp3) is 0.529. The molecule has 4 rings (SSSR count). The van der Waals surface area contributed by atoms with Crippen molar-refractivity contribution in [3.8, 4) is 5.75 Å². The number of carbonyl (C=O) groups excluding carboxylic acids is 2. The van der Waals surface area contributed by atoms with E-state index < -0.39 is 6.10 Å². The molecule has 2 bridgehead atoms.